The van der Waals surface area contributed by atoms with E-state index in [0.717, 1.165) is 5.06 Å². The number of hydroxylamine groups is 1. The highest BCUT2D eigenvalue weighted by Gasteiger charge is 2.13. The monoisotopic (exact) mass is 211 g/mol. The molecule has 0 atom stereocenters. The van der Waals surface area contributed by atoms with Gasteiger partial charge >= 0.3 is 0 Å². The smallest absolute Gasteiger partial charge is 0.162 e. The Morgan fingerprint density at radius 2 is 2.13 bits per heavy atom. The van der Waals surface area contributed by atoms with Gasteiger partial charge in [-0.05, 0) is 31.0 Å². The molecular formula is C11H14FNO2. The Balaban J connectivity index is 3.37. The summed E-state index contributed by atoms with van der Waals surface area (Å²) >= 11 is 0. The first-order chi connectivity index (χ1) is 6.97. The third-order valence-electron chi connectivity index (χ3n) is 2.28. The Hall–Kier alpha value is -1.42. The van der Waals surface area contributed by atoms with E-state index in [1.54, 1.807) is 0 Å². The summed E-state index contributed by atoms with van der Waals surface area (Å²) in [5, 5.41) is 10.2. The zero-order valence-electron chi connectivity index (χ0n) is 9.04. The van der Waals surface area contributed by atoms with Crippen molar-refractivity contribution in [3.63, 3.8) is 0 Å². The Morgan fingerprint density at radius 3 is 2.53 bits per heavy atom. The van der Waals surface area contributed by atoms with Gasteiger partial charge in [-0.2, -0.15) is 0 Å². The molecule has 0 amide bonds. The third-order valence-corrected chi connectivity index (χ3v) is 2.28. The van der Waals surface area contributed by atoms with Crippen LogP contribution < -0.4 is 5.06 Å². The molecule has 0 unspecified atom stereocenters. The van der Waals surface area contributed by atoms with Crippen LogP contribution in [0, 0.1) is 5.82 Å². The molecule has 1 rings (SSSR count). The van der Waals surface area contributed by atoms with Crippen LogP contribution in [0.5, 0.6) is 0 Å². The number of benzene rings is 1. The SMILES string of the molecule is CCc1cc(F)c(C(C)=O)cc1N(C)O. The maximum Gasteiger partial charge on any atom is 0.162 e. The molecule has 0 radical (unpaired) electrons. The molecule has 1 aromatic rings. The second kappa shape index (κ2) is 4.40. The van der Waals surface area contributed by atoms with E-state index < -0.39 is 5.82 Å². The molecule has 0 aliphatic heterocycles. The first-order valence-electron chi connectivity index (χ1n) is 4.73. The van der Waals surface area contributed by atoms with E-state index >= 15 is 0 Å². The van der Waals surface area contributed by atoms with Crippen LogP contribution in [-0.2, 0) is 6.42 Å². The van der Waals surface area contributed by atoms with Crippen molar-refractivity contribution in [2.24, 2.45) is 0 Å². The number of carbonyl (C=O) groups excluding carboxylic acids is 1. The number of Topliss-reactive ketones (excluding diaryl/α,β-unsaturated/α-hetero) is 1. The minimum Gasteiger partial charge on any atom is -0.294 e. The summed E-state index contributed by atoms with van der Waals surface area (Å²) < 4.78 is 13.4. The molecule has 1 aromatic carbocycles. The molecule has 82 valence electrons. The number of ketones is 1. The van der Waals surface area contributed by atoms with Crippen LogP contribution in [0.3, 0.4) is 0 Å². The first kappa shape index (κ1) is 11.7. The highest BCUT2D eigenvalue weighted by atomic mass is 19.1. The lowest BCUT2D eigenvalue weighted by molar-refractivity contribution is 0.101. The molecule has 0 aliphatic carbocycles. The zero-order chi connectivity index (χ0) is 11.6. The van der Waals surface area contributed by atoms with E-state index in [2.05, 4.69) is 0 Å². The number of carbonyl (C=O) groups is 1. The van der Waals surface area contributed by atoms with Gasteiger partial charge in [0.1, 0.15) is 5.82 Å². The molecule has 0 saturated heterocycles. The Labute approximate surface area is 88.1 Å². The van der Waals surface area contributed by atoms with Crippen molar-refractivity contribution in [1.29, 1.82) is 0 Å². The van der Waals surface area contributed by atoms with Crippen LogP contribution >= 0.6 is 0 Å². The summed E-state index contributed by atoms with van der Waals surface area (Å²) in [6.07, 6.45) is 0.593. The molecule has 15 heavy (non-hydrogen) atoms. The van der Waals surface area contributed by atoms with Crippen molar-refractivity contribution in [2.75, 3.05) is 12.1 Å². The van der Waals surface area contributed by atoms with Gasteiger partial charge in [-0.15, -0.1) is 0 Å². The van der Waals surface area contributed by atoms with Crippen molar-refractivity contribution in [3.05, 3.63) is 29.1 Å². The normalized spacial score (nSPS) is 10.2. The molecule has 4 heteroatoms. The summed E-state index contributed by atoms with van der Waals surface area (Å²) in [5.41, 5.74) is 1.13. The lowest BCUT2D eigenvalue weighted by atomic mass is 10.0. The van der Waals surface area contributed by atoms with Gasteiger partial charge in [0.15, 0.2) is 5.78 Å². The highest BCUT2D eigenvalue weighted by molar-refractivity contribution is 5.95. The second-order valence-corrected chi connectivity index (χ2v) is 3.39. The predicted octanol–water partition coefficient (Wildman–Crippen LogP) is 2.42. The minimum atomic E-state index is -0.537. The van der Waals surface area contributed by atoms with Gasteiger partial charge in [-0.3, -0.25) is 15.1 Å². The quantitative estimate of drug-likeness (QED) is 0.616. The van der Waals surface area contributed by atoms with Gasteiger partial charge in [0.25, 0.3) is 0 Å². The molecule has 1 N–H and O–H groups in total. The Kier molecular flexibility index (Phi) is 3.42. The summed E-state index contributed by atoms with van der Waals surface area (Å²) in [6.45, 7) is 3.15. The number of hydrogen-bond donors (Lipinski definition) is 1. The molecule has 0 aromatic heterocycles. The molecule has 0 aliphatic rings. The lowest BCUT2D eigenvalue weighted by Crippen LogP contribution is -2.14. The van der Waals surface area contributed by atoms with Crippen molar-refractivity contribution in [2.45, 2.75) is 20.3 Å². The highest BCUT2D eigenvalue weighted by Crippen LogP contribution is 2.23. The first-order valence-corrected chi connectivity index (χ1v) is 4.73. The topological polar surface area (TPSA) is 40.5 Å². The van der Waals surface area contributed by atoms with Crippen LogP contribution in [0.2, 0.25) is 0 Å². The van der Waals surface area contributed by atoms with Crippen molar-refractivity contribution >= 4 is 11.5 Å². The van der Waals surface area contributed by atoms with Gasteiger partial charge in [0.05, 0.1) is 11.3 Å². The second-order valence-electron chi connectivity index (χ2n) is 3.39. The number of hydrogen-bond acceptors (Lipinski definition) is 3. The molecule has 0 bridgehead atoms. The van der Waals surface area contributed by atoms with Crippen LogP contribution in [0.15, 0.2) is 12.1 Å². The number of anilines is 1. The van der Waals surface area contributed by atoms with E-state index in [1.165, 1.54) is 26.1 Å². The minimum absolute atomic E-state index is 0.00287. The molecule has 0 saturated carbocycles. The average Bonchev–Trinajstić information content (AvgIpc) is 2.16. The van der Waals surface area contributed by atoms with Gasteiger partial charge in [0, 0.05) is 7.05 Å². The van der Waals surface area contributed by atoms with E-state index in [9.17, 15) is 14.4 Å². The molecular weight excluding hydrogens is 197 g/mol. The Morgan fingerprint density at radius 1 is 1.53 bits per heavy atom. The van der Waals surface area contributed by atoms with Gasteiger partial charge in [0.2, 0.25) is 0 Å². The van der Waals surface area contributed by atoms with E-state index in [-0.39, 0.29) is 11.3 Å². The summed E-state index contributed by atoms with van der Waals surface area (Å²) in [7, 11) is 1.44. The fourth-order valence-corrected chi connectivity index (χ4v) is 1.46. The fraction of sp³-hybridized carbons (Fsp3) is 0.364. The van der Waals surface area contributed by atoms with Gasteiger partial charge < -0.3 is 0 Å². The molecule has 0 fully saturated rings. The molecule has 0 spiro atoms. The number of rotatable bonds is 3. The number of halogens is 1. The van der Waals surface area contributed by atoms with Gasteiger partial charge in [-0.1, -0.05) is 6.92 Å². The third kappa shape index (κ3) is 2.33. The molecule has 3 nitrogen and oxygen atoms in total. The summed E-state index contributed by atoms with van der Waals surface area (Å²) in [6, 6.07) is 2.66. The average molecular weight is 211 g/mol. The maximum absolute atomic E-state index is 13.4. The van der Waals surface area contributed by atoms with Crippen molar-refractivity contribution in [3.8, 4) is 0 Å². The maximum atomic E-state index is 13.4. The van der Waals surface area contributed by atoms with E-state index in [4.69, 9.17) is 0 Å². The van der Waals surface area contributed by atoms with E-state index in [1.807, 2.05) is 6.92 Å². The lowest BCUT2D eigenvalue weighted by Gasteiger charge is -2.16. The standard InChI is InChI=1S/C11H14FNO2/c1-4-8-5-10(12)9(7(2)14)6-11(8)13(3)15/h5-6,15H,4H2,1-3H3. The van der Waals surface area contributed by atoms with E-state index in [0.29, 0.717) is 17.7 Å². The van der Waals surface area contributed by atoms with Crippen LogP contribution in [0.1, 0.15) is 29.8 Å². The van der Waals surface area contributed by atoms with Crippen LogP contribution in [0.4, 0.5) is 10.1 Å². The van der Waals surface area contributed by atoms with Gasteiger partial charge in [-0.25, -0.2) is 4.39 Å². The number of nitrogens with zero attached hydrogens (tertiary/aromatic N) is 1. The summed E-state index contributed by atoms with van der Waals surface area (Å²) in [4.78, 5) is 11.1. The van der Waals surface area contributed by atoms with Crippen molar-refractivity contribution in [1.82, 2.24) is 0 Å². The number of aryl methyl sites for hydroxylation is 1. The molecule has 0 heterocycles. The largest absolute Gasteiger partial charge is 0.294 e. The van der Waals surface area contributed by atoms with Crippen LogP contribution in [0.25, 0.3) is 0 Å². The Bertz CT molecular complexity index is 388. The zero-order valence-corrected chi connectivity index (χ0v) is 9.04. The summed E-state index contributed by atoms with van der Waals surface area (Å²) in [5.74, 6) is -0.886. The fourth-order valence-electron chi connectivity index (χ4n) is 1.46. The predicted molar refractivity (Wildman–Crippen MR) is 56.0 cm³/mol. The van der Waals surface area contributed by atoms with Crippen molar-refractivity contribution < 1.29 is 14.4 Å². The van der Waals surface area contributed by atoms with Crippen LogP contribution in [-0.4, -0.2) is 18.0 Å².